The van der Waals surface area contributed by atoms with Crippen LogP contribution in [0, 0.1) is 0 Å². The van der Waals surface area contributed by atoms with Gasteiger partial charge in [0.15, 0.2) is 0 Å². The largest absolute Gasteiger partial charge is 0.322 e. The number of pyridine rings is 1. The first kappa shape index (κ1) is 15.9. The molecule has 1 atom stereocenters. The van der Waals surface area contributed by atoms with Crippen LogP contribution in [0.5, 0.6) is 0 Å². The molecule has 0 saturated carbocycles. The van der Waals surface area contributed by atoms with Crippen LogP contribution in [-0.4, -0.2) is 17.4 Å². The van der Waals surface area contributed by atoms with Crippen LogP contribution in [-0.2, 0) is 0 Å². The van der Waals surface area contributed by atoms with Crippen molar-refractivity contribution >= 4 is 11.6 Å². The van der Waals surface area contributed by atoms with Gasteiger partial charge < -0.3 is 10.6 Å². The van der Waals surface area contributed by atoms with Crippen LogP contribution in [0.25, 0.3) is 0 Å². The Bertz CT molecular complexity index is 635. The number of benzene rings is 1. The zero-order chi connectivity index (χ0) is 15.9. The highest BCUT2D eigenvalue weighted by Gasteiger charge is 2.07. The molecular formula is C18H21N3O. The summed E-state index contributed by atoms with van der Waals surface area (Å²) in [4.78, 5) is 16.0. The van der Waals surface area contributed by atoms with Crippen LogP contribution < -0.4 is 10.6 Å². The minimum absolute atomic E-state index is 0.136. The summed E-state index contributed by atoms with van der Waals surface area (Å²) in [6.45, 7) is 8.78. The SMILES string of the molecule is C=C(C)CN[C@H](C)c1ccc(NC(=O)c2ccncc2)cc1. The number of carbonyl (C=O) groups excluding carboxylic acids is 1. The van der Waals surface area contributed by atoms with Crippen molar-refractivity contribution in [2.24, 2.45) is 0 Å². The number of rotatable bonds is 6. The van der Waals surface area contributed by atoms with Gasteiger partial charge in [-0.3, -0.25) is 9.78 Å². The third-order valence-corrected chi connectivity index (χ3v) is 3.32. The fourth-order valence-corrected chi connectivity index (χ4v) is 2.01. The Morgan fingerprint density at radius 3 is 2.41 bits per heavy atom. The van der Waals surface area contributed by atoms with Crippen molar-refractivity contribution in [1.82, 2.24) is 10.3 Å². The number of carbonyl (C=O) groups is 1. The average Bonchev–Trinajstić information content (AvgIpc) is 2.54. The van der Waals surface area contributed by atoms with E-state index < -0.39 is 0 Å². The van der Waals surface area contributed by atoms with Gasteiger partial charge in [0, 0.05) is 36.2 Å². The third kappa shape index (κ3) is 4.53. The van der Waals surface area contributed by atoms with Crippen molar-refractivity contribution in [2.45, 2.75) is 19.9 Å². The van der Waals surface area contributed by atoms with Gasteiger partial charge in [-0.15, -0.1) is 0 Å². The minimum Gasteiger partial charge on any atom is -0.322 e. The monoisotopic (exact) mass is 295 g/mol. The lowest BCUT2D eigenvalue weighted by Crippen LogP contribution is -2.20. The molecule has 0 unspecified atom stereocenters. The first-order chi connectivity index (χ1) is 10.6. The van der Waals surface area contributed by atoms with Crippen LogP contribution in [0.4, 0.5) is 5.69 Å². The van der Waals surface area contributed by atoms with E-state index in [1.165, 1.54) is 5.56 Å². The molecule has 1 heterocycles. The molecule has 0 fully saturated rings. The number of hydrogen-bond acceptors (Lipinski definition) is 3. The van der Waals surface area contributed by atoms with Crippen molar-refractivity contribution in [2.75, 3.05) is 11.9 Å². The second-order valence-corrected chi connectivity index (χ2v) is 5.37. The molecule has 0 bridgehead atoms. The molecule has 1 aromatic carbocycles. The number of nitrogens with one attached hydrogen (secondary N) is 2. The van der Waals surface area contributed by atoms with Crippen LogP contribution in [0.2, 0.25) is 0 Å². The van der Waals surface area contributed by atoms with E-state index in [9.17, 15) is 4.79 Å². The minimum atomic E-state index is -0.136. The van der Waals surface area contributed by atoms with Crippen LogP contribution >= 0.6 is 0 Å². The maximum absolute atomic E-state index is 12.0. The Balaban J connectivity index is 1.97. The van der Waals surface area contributed by atoms with Crippen LogP contribution in [0.15, 0.2) is 60.9 Å². The van der Waals surface area contributed by atoms with E-state index in [0.29, 0.717) is 5.56 Å². The second-order valence-electron chi connectivity index (χ2n) is 5.37. The highest BCUT2D eigenvalue weighted by atomic mass is 16.1. The number of amides is 1. The van der Waals surface area contributed by atoms with Crippen LogP contribution in [0.1, 0.15) is 35.8 Å². The highest BCUT2D eigenvalue weighted by Crippen LogP contribution is 2.16. The lowest BCUT2D eigenvalue weighted by atomic mass is 10.1. The Hall–Kier alpha value is -2.46. The molecule has 0 aliphatic rings. The molecule has 1 aromatic heterocycles. The van der Waals surface area contributed by atoms with E-state index >= 15 is 0 Å². The quantitative estimate of drug-likeness (QED) is 0.801. The van der Waals surface area contributed by atoms with Crippen LogP contribution in [0.3, 0.4) is 0 Å². The molecule has 0 aliphatic carbocycles. The van der Waals surface area contributed by atoms with E-state index in [1.54, 1.807) is 24.5 Å². The van der Waals surface area contributed by atoms with Gasteiger partial charge >= 0.3 is 0 Å². The number of aromatic nitrogens is 1. The summed E-state index contributed by atoms with van der Waals surface area (Å²) in [7, 11) is 0. The number of nitrogens with zero attached hydrogens (tertiary/aromatic N) is 1. The van der Waals surface area contributed by atoms with Gasteiger partial charge in [-0.05, 0) is 43.7 Å². The maximum atomic E-state index is 12.0. The molecule has 2 rings (SSSR count). The van der Waals surface area contributed by atoms with Crippen molar-refractivity contribution in [1.29, 1.82) is 0 Å². The van der Waals surface area contributed by atoms with E-state index in [4.69, 9.17) is 0 Å². The van der Waals surface area contributed by atoms with E-state index in [0.717, 1.165) is 17.8 Å². The predicted molar refractivity (Wildman–Crippen MR) is 89.9 cm³/mol. The lowest BCUT2D eigenvalue weighted by Gasteiger charge is -2.15. The Morgan fingerprint density at radius 2 is 1.82 bits per heavy atom. The number of anilines is 1. The summed E-state index contributed by atoms with van der Waals surface area (Å²) in [6.07, 6.45) is 3.21. The maximum Gasteiger partial charge on any atom is 0.255 e. The molecule has 2 N–H and O–H groups in total. The molecule has 114 valence electrons. The van der Waals surface area contributed by atoms with Gasteiger partial charge in [0.25, 0.3) is 5.91 Å². The molecule has 0 saturated heterocycles. The summed E-state index contributed by atoms with van der Waals surface area (Å²) in [5.74, 6) is -0.136. The van der Waals surface area contributed by atoms with Crippen molar-refractivity contribution < 1.29 is 4.79 Å². The van der Waals surface area contributed by atoms with Gasteiger partial charge in [0.05, 0.1) is 0 Å². The first-order valence-corrected chi connectivity index (χ1v) is 7.25. The topological polar surface area (TPSA) is 54.0 Å². The smallest absolute Gasteiger partial charge is 0.255 e. The summed E-state index contributed by atoms with van der Waals surface area (Å²) in [6, 6.07) is 11.5. The summed E-state index contributed by atoms with van der Waals surface area (Å²) in [5, 5.41) is 6.26. The summed E-state index contributed by atoms with van der Waals surface area (Å²) < 4.78 is 0. The first-order valence-electron chi connectivity index (χ1n) is 7.25. The molecule has 0 spiro atoms. The van der Waals surface area contributed by atoms with Crippen molar-refractivity contribution in [3.8, 4) is 0 Å². The molecule has 1 amide bonds. The number of hydrogen-bond donors (Lipinski definition) is 2. The predicted octanol–water partition coefficient (Wildman–Crippen LogP) is 3.56. The molecular weight excluding hydrogens is 274 g/mol. The normalized spacial score (nSPS) is 11.7. The molecule has 0 aliphatic heterocycles. The Labute approximate surface area is 131 Å². The van der Waals surface area contributed by atoms with Gasteiger partial charge in [0.1, 0.15) is 0 Å². The Kier molecular flexibility index (Phi) is 5.44. The third-order valence-electron chi connectivity index (χ3n) is 3.32. The van der Waals surface area contributed by atoms with Gasteiger partial charge in [-0.25, -0.2) is 0 Å². The molecule has 2 aromatic rings. The van der Waals surface area contributed by atoms with Gasteiger partial charge in [-0.1, -0.05) is 24.3 Å². The van der Waals surface area contributed by atoms with E-state index in [-0.39, 0.29) is 11.9 Å². The summed E-state index contributed by atoms with van der Waals surface area (Å²) in [5.41, 5.74) is 3.64. The summed E-state index contributed by atoms with van der Waals surface area (Å²) >= 11 is 0. The molecule has 0 radical (unpaired) electrons. The fraction of sp³-hybridized carbons (Fsp3) is 0.222. The lowest BCUT2D eigenvalue weighted by molar-refractivity contribution is 0.102. The highest BCUT2D eigenvalue weighted by molar-refractivity contribution is 6.04. The average molecular weight is 295 g/mol. The van der Waals surface area contributed by atoms with Gasteiger partial charge in [-0.2, -0.15) is 0 Å². The molecule has 4 nitrogen and oxygen atoms in total. The second kappa shape index (κ2) is 7.52. The van der Waals surface area contributed by atoms with Crippen molar-refractivity contribution in [3.05, 3.63) is 72.1 Å². The fourth-order valence-electron chi connectivity index (χ4n) is 2.01. The standard InChI is InChI=1S/C18H21N3O/c1-13(2)12-20-14(3)15-4-6-17(7-5-15)21-18(22)16-8-10-19-11-9-16/h4-11,14,20H,1,12H2,2-3H3,(H,21,22)/t14-/m1/s1. The molecule has 22 heavy (non-hydrogen) atoms. The van der Waals surface area contributed by atoms with E-state index in [2.05, 4.69) is 29.1 Å². The van der Waals surface area contributed by atoms with E-state index in [1.807, 2.05) is 31.2 Å². The Morgan fingerprint density at radius 1 is 1.18 bits per heavy atom. The molecule has 4 heteroatoms. The zero-order valence-corrected chi connectivity index (χ0v) is 13.0. The van der Waals surface area contributed by atoms with Gasteiger partial charge in [0.2, 0.25) is 0 Å². The zero-order valence-electron chi connectivity index (χ0n) is 13.0. The van der Waals surface area contributed by atoms with Crippen molar-refractivity contribution in [3.63, 3.8) is 0 Å².